The number of halogens is 1. The number of nitrogens with zero attached hydrogens (tertiary/aromatic N) is 2. The van der Waals surface area contributed by atoms with Gasteiger partial charge in [-0.15, -0.1) is 0 Å². The van der Waals surface area contributed by atoms with E-state index in [4.69, 9.17) is 16.3 Å². The summed E-state index contributed by atoms with van der Waals surface area (Å²) < 4.78 is 33.5. The Morgan fingerprint density at radius 2 is 1.59 bits per heavy atom. The zero-order chi connectivity index (χ0) is 24.1. The lowest BCUT2D eigenvalue weighted by atomic mass is 10.2. The van der Waals surface area contributed by atoms with Crippen LogP contribution in [-0.4, -0.2) is 56.3 Å². The molecule has 0 unspecified atom stereocenters. The molecule has 0 spiro atoms. The molecule has 7 nitrogen and oxygen atoms in total. The Morgan fingerprint density at radius 3 is 2.24 bits per heavy atom. The summed E-state index contributed by atoms with van der Waals surface area (Å²) in [4.78, 5) is 15.2. The molecule has 1 saturated heterocycles. The van der Waals surface area contributed by atoms with Crippen molar-refractivity contribution in [2.75, 3.05) is 38.0 Å². The molecule has 9 heteroatoms. The van der Waals surface area contributed by atoms with Crippen LogP contribution in [0.2, 0.25) is 5.02 Å². The minimum absolute atomic E-state index is 0.0543. The van der Waals surface area contributed by atoms with E-state index in [0.29, 0.717) is 43.4 Å². The molecule has 34 heavy (non-hydrogen) atoms. The monoisotopic (exact) mass is 499 g/mol. The van der Waals surface area contributed by atoms with E-state index >= 15 is 0 Å². The van der Waals surface area contributed by atoms with E-state index in [1.54, 1.807) is 24.3 Å². The van der Waals surface area contributed by atoms with E-state index in [-0.39, 0.29) is 15.5 Å². The molecule has 1 fully saturated rings. The highest BCUT2D eigenvalue weighted by molar-refractivity contribution is 7.89. The summed E-state index contributed by atoms with van der Waals surface area (Å²) in [6.45, 7) is 5.13. The van der Waals surface area contributed by atoms with Gasteiger partial charge in [-0.3, -0.25) is 4.79 Å². The highest BCUT2D eigenvalue weighted by atomic mass is 35.5. The van der Waals surface area contributed by atoms with Crippen LogP contribution < -0.4 is 10.1 Å². The van der Waals surface area contributed by atoms with Crippen molar-refractivity contribution in [1.29, 1.82) is 0 Å². The van der Waals surface area contributed by atoms with Gasteiger partial charge in [-0.25, -0.2) is 8.42 Å². The predicted octanol–water partition coefficient (Wildman–Crippen LogP) is 4.71. The first kappa shape index (κ1) is 24.2. The summed E-state index contributed by atoms with van der Waals surface area (Å²) >= 11 is 6.25. The zero-order valence-corrected chi connectivity index (χ0v) is 20.3. The number of carbonyl (C=O) groups is 1. The normalized spacial score (nSPS) is 15.1. The van der Waals surface area contributed by atoms with Crippen LogP contribution >= 0.6 is 11.6 Å². The fourth-order valence-electron chi connectivity index (χ4n) is 3.70. The summed E-state index contributed by atoms with van der Waals surface area (Å²) in [5.74, 6) is 0.841. The number of anilines is 1. The molecular formula is C25H26ClN3O4S. The van der Waals surface area contributed by atoms with Gasteiger partial charge in [0.1, 0.15) is 11.5 Å². The van der Waals surface area contributed by atoms with E-state index in [1.165, 1.54) is 22.5 Å². The Labute approximate surface area is 205 Å². The number of rotatable bonds is 7. The van der Waals surface area contributed by atoms with E-state index in [1.807, 2.05) is 30.3 Å². The molecule has 0 aromatic heterocycles. The number of hydrogen-bond donors (Lipinski definition) is 1. The first-order valence-electron chi connectivity index (χ1n) is 11.0. The van der Waals surface area contributed by atoms with Gasteiger partial charge in [0, 0.05) is 31.9 Å². The van der Waals surface area contributed by atoms with Crippen LogP contribution in [0.4, 0.5) is 5.69 Å². The second-order valence-corrected chi connectivity index (χ2v) is 10.2. The molecule has 0 bridgehead atoms. The number of para-hydroxylation sites is 1. The summed E-state index contributed by atoms with van der Waals surface area (Å²) in [6.07, 6.45) is 0. The molecule has 0 saturated carbocycles. The molecule has 3 aromatic rings. The lowest BCUT2D eigenvalue weighted by Crippen LogP contribution is -2.48. The number of hydrogen-bond acceptors (Lipinski definition) is 5. The quantitative estimate of drug-likeness (QED) is 0.509. The van der Waals surface area contributed by atoms with Gasteiger partial charge in [0.25, 0.3) is 5.91 Å². The maximum absolute atomic E-state index is 13.1. The lowest BCUT2D eigenvalue weighted by molar-refractivity contribution is 0.102. The molecule has 1 N–H and O–H groups in total. The second-order valence-electron chi connectivity index (χ2n) is 7.87. The van der Waals surface area contributed by atoms with Crippen molar-refractivity contribution in [3.8, 4) is 11.5 Å². The number of carbonyl (C=O) groups excluding carboxylic acids is 1. The molecular weight excluding hydrogens is 474 g/mol. The Kier molecular flexibility index (Phi) is 7.53. The lowest BCUT2D eigenvalue weighted by Gasteiger charge is -2.33. The summed E-state index contributed by atoms with van der Waals surface area (Å²) in [6, 6.07) is 20.5. The van der Waals surface area contributed by atoms with Gasteiger partial charge in [-0.2, -0.15) is 4.31 Å². The molecule has 4 rings (SSSR count). The van der Waals surface area contributed by atoms with Crippen molar-refractivity contribution >= 4 is 33.2 Å². The second kappa shape index (κ2) is 10.6. The van der Waals surface area contributed by atoms with Crippen LogP contribution in [0.25, 0.3) is 0 Å². The predicted molar refractivity (Wildman–Crippen MR) is 133 cm³/mol. The Bertz CT molecular complexity index is 1240. The standard InChI is InChI=1S/C25H26ClN3O4S/c1-2-28-14-16-29(17-15-28)34(31,32)22-12-13-24(26)23(18-22)25(30)27-19-8-10-21(11-9-19)33-20-6-4-3-5-7-20/h3-13,18H,2,14-17H2,1H3,(H,27,30). The largest absolute Gasteiger partial charge is 0.457 e. The van der Waals surface area contributed by atoms with Crippen LogP contribution in [0.3, 0.4) is 0 Å². The van der Waals surface area contributed by atoms with Gasteiger partial charge in [-0.1, -0.05) is 36.7 Å². The Balaban J connectivity index is 1.47. The van der Waals surface area contributed by atoms with E-state index in [2.05, 4.69) is 17.1 Å². The Hall–Kier alpha value is -2.91. The van der Waals surface area contributed by atoms with Gasteiger partial charge in [0.05, 0.1) is 15.5 Å². The molecule has 1 heterocycles. The fourth-order valence-corrected chi connectivity index (χ4v) is 5.36. The SMILES string of the molecule is CCN1CCN(S(=O)(=O)c2ccc(Cl)c(C(=O)Nc3ccc(Oc4ccccc4)cc3)c2)CC1. The molecule has 1 aliphatic rings. The Morgan fingerprint density at radius 1 is 0.941 bits per heavy atom. The average Bonchev–Trinajstić information content (AvgIpc) is 2.86. The van der Waals surface area contributed by atoms with Gasteiger partial charge >= 0.3 is 0 Å². The molecule has 1 aliphatic heterocycles. The van der Waals surface area contributed by atoms with Crippen molar-refractivity contribution in [2.24, 2.45) is 0 Å². The summed E-state index contributed by atoms with van der Waals surface area (Å²) in [7, 11) is -3.72. The average molecular weight is 500 g/mol. The van der Waals surface area contributed by atoms with Gasteiger partial charge in [0.15, 0.2) is 0 Å². The molecule has 178 valence electrons. The maximum Gasteiger partial charge on any atom is 0.257 e. The van der Waals surface area contributed by atoms with Crippen molar-refractivity contribution < 1.29 is 17.9 Å². The van der Waals surface area contributed by atoms with Gasteiger partial charge in [-0.05, 0) is 61.1 Å². The van der Waals surface area contributed by atoms with E-state index in [0.717, 1.165) is 6.54 Å². The maximum atomic E-state index is 13.1. The number of piperazine rings is 1. The topological polar surface area (TPSA) is 79.0 Å². The number of amides is 1. The van der Waals surface area contributed by atoms with Crippen LogP contribution in [0.15, 0.2) is 77.7 Å². The number of ether oxygens (including phenoxy) is 1. The van der Waals surface area contributed by atoms with E-state index in [9.17, 15) is 13.2 Å². The molecule has 1 amide bonds. The van der Waals surface area contributed by atoms with Crippen LogP contribution in [-0.2, 0) is 10.0 Å². The number of likely N-dealkylation sites (N-methyl/N-ethyl adjacent to an activating group) is 1. The third-order valence-electron chi connectivity index (χ3n) is 5.69. The molecule has 0 radical (unpaired) electrons. The smallest absolute Gasteiger partial charge is 0.257 e. The zero-order valence-electron chi connectivity index (χ0n) is 18.8. The van der Waals surface area contributed by atoms with Gasteiger partial charge in [0.2, 0.25) is 10.0 Å². The third-order valence-corrected chi connectivity index (χ3v) is 7.91. The highest BCUT2D eigenvalue weighted by Gasteiger charge is 2.29. The third kappa shape index (κ3) is 5.59. The summed E-state index contributed by atoms with van der Waals surface area (Å²) in [5, 5.41) is 2.94. The first-order valence-corrected chi connectivity index (χ1v) is 12.8. The van der Waals surface area contributed by atoms with Crippen LogP contribution in [0, 0.1) is 0 Å². The number of benzene rings is 3. The molecule has 0 atom stereocenters. The van der Waals surface area contributed by atoms with Crippen LogP contribution in [0.5, 0.6) is 11.5 Å². The van der Waals surface area contributed by atoms with Crippen molar-refractivity contribution in [2.45, 2.75) is 11.8 Å². The number of nitrogens with one attached hydrogen (secondary N) is 1. The molecule has 3 aromatic carbocycles. The minimum atomic E-state index is -3.72. The van der Waals surface area contributed by atoms with Crippen molar-refractivity contribution in [3.63, 3.8) is 0 Å². The number of sulfonamides is 1. The van der Waals surface area contributed by atoms with Crippen molar-refractivity contribution in [1.82, 2.24) is 9.21 Å². The highest BCUT2D eigenvalue weighted by Crippen LogP contribution is 2.26. The summed E-state index contributed by atoms with van der Waals surface area (Å²) in [5.41, 5.74) is 0.630. The fraction of sp³-hybridized carbons (Fsp3) is 0.240. The minimum Gasteiger partial charge on any atom is -0.457 e. The van der Waals surface area contributed by atoms with Gasteiger partial charge < -0.3 is 15.0 Å². The van der Waals surface area contributed by atoms with E-state index < -0.39 is 15.9 Å². The van der Waals surface area contributed by atoms with Crippen molar-refractivity contribution in [3.05, 3.63) is 83.4 Å². The first-order chi connectivity index (χ1) is 16.4. The van der Waals surface area contributed by atoms with Crippen LogP contribution in [0.1, 0.15) is 17.3 Å². The molecule has 0 aliphatic carbocycles.